The van der Waals surface area contributed by atoms with Gasteiger partial charge in [0.25, 0.3) is 0 Å². The zero-order valence-corrected chi connectivity index (χ0v) is 22.7. The molecule has 2 radical (unpaired) electrons. The van der Waals surface area contributed by atoms with E-state index in [1.54, 1.807) is 13.1 Å². The second-order valence-electron chi connectivity index (χ2n) is 8.64. The molecule has 0 saturated heterocycles. The Balaban J connectivity index is 1.34. The van der Waals surface area contributed by atoms with Crippen LogP contribution in [0.25, 0.3) is 11.3 Å². The van der Waals surface area contributed by atoms with Crippen molar-refractivity contribution in [1.29, 1.82) is 0 Å². The van der Waals surface area contributed by atoms with Crippen molar-refractivity contribution in [2.45, 2.75) is 20.0 Å². The summed E-state index contributed by atoms with van der Waals surface area (Å²) in [4.78, 5) is 33.1. The molecule has 0 saturated carbocycles. The first-order valence-corrected chi connectivity index (χ1v) is 12.9. The molecule has 0 atom stereocenters. The lowest BCUT2D eigenvalue weighted by atomic mass is 9.89. The number of aromatic nitrogens is 2. The van der Waals surface area contributed by atoms with Crippen LogP contribution in [0.3, 0.4) is 0 Å². The molecule has 0 fully saturated rings. The quantitative estimate of drug-likeness (QED) is 0.172. The van der Waals surface area contributed by atoms with Crippen LogP contribution in [0.2, 0.25) is 0 Å². The van der Waals surface area contributed by atoms with Crippen LogP contribution >= 0.6 is 11.9 Å². The molecule has 39 heavy (non-hydrogen) atoms. The van der Waals surface area contributed by atoms with Crippen LogP contribution in [0.15, 0.2) is 72.8 Å². The van der Waals surface area contributed by atoms with E-state index in [9.17, 15) is 9.59 Å². The summed E-state index contributed by atoms with van der Waals surface area (Å²) >= 11 is 0.959. The van der Waals surface area contributed by atoms with E-state index >= 15 is 0 Å². The third-order valence-electron chi connectivity index (χ3n) is 5.80. The van der Waals surface area contributed by atoms with E-state index in [1.807, 2.05) is 67.6 Å². The van der Waals surface area contributed by atoms with Gasteiger partial charge in [-0.1, -0.05) is 59.6 Å². The van der Waals surface area contributed by atoms with Crippen LogP contribution in [-0.4, -0.2) is 43.1 Å². The van der Waals surface area contributed by atoms with Gasteiger partial charge in [0, 0.05) is 37.0 Å². The first-order chi connectivity index (χ1) is 18.9. The Labute approximate surface area is 233 Å². The molecular formula is C29H27BN4O4S. The summed E-state index contributed by atoms with van der Waals surface area (Å²) < 4.78 is 13.6. The fourth-order valence-electron chi connectivity index (χ4n) is 3.71. The number of ether oxygens (including phenoxy) is 2. The Morgan fingerprint density at radius 1 is 1.00 bits per heavy atom. The van der Waals surface area contributed by atoms with Gasteiger partial charge in [-0.05, 0) is 36.2 Å². The van der Waals surface area contributed by atoms with E-state index in [1.165, 1.54) is 13.2 Å². The van der Waals surface area contributed by atoms with Gasteiger partial charge < -0.3 is 19.5 Å². The Morgan fingerprint density at radius 2 is 1.79 bits per heavy atom. The van der Waals surface area contributed by atoms with Crippen molar-refractivity contribution in [2.75, 3.05) is 24.2 Å². The largest absolute Gasteiger partial charge is 0.473 e. The van der Waals surface area contributed by atoms with Gasteiger partial charge >= 0.3 is 5.97 Å². The van der Waals surface area contributed by atoms with Crippen molar-refractivity contribution in [3.63, 3.8) is 0 Å². The van der Waals surface area contributed by atoms with Gasteiger partial charge in [0.05, 0.1) is 18.5 Å². The highest BCUT2D eigenvalue weighted by Gasteiger charge is 2.13. The molecule has 0 aliphatic heterocycles. The first kappa shape index (κ1) is 27.7. The lowest BCUT2D eigenvalue weighted by molar-refractivity contribution is -0.110. The summed E-state index contributed by atoms with van der Waals surface area (Å²) in [6.07, 6.45) is 0.231. The van der Waals surface area contributed by atoms with Gasteiger partial charge in [-0.2, -0.15) is 0 Å². The Hall–Kier alpha value is -4.31. The van der Waals surface area contributed by atoms with E-state index in [4.69, 9.17) is 17.3 Å². The molecule has 2 aromatic carbocycles. The predicted molar refractivity (Wildman–Crippen MR) is 156 cm³/mol. The summed E-state index contributed by atoms with van der Waals surface area (Å²) in [7, 11) is 9.06. The Kier molecular flexibility index (Phi) is 9.22. The molecule has 0 aliphatic rings. The molecule has 0 spiro atoms. The smallest absolute Gasteiger partial charge is 0.356 e. The van der Waals surface area contributed by atoms with Gasteiger partial charge in [0.15, 0.2) is 11.5 Å². The lowest BCUT2D eigenvalue weighted by Gasteiger charge is -2.11. The second kappa shape index (κ2) is 13.0. The number of hydrogen-bond donors (Lipinski definition) is 2. The molecule has 196 valence electrons. The van der Waals surface area contributed by atoms with Crippen molar-refractivity contribution in [2.24, 2.45) is 0 Å². The molecule has 4 aromatic rings. The molecule has 0 amide bonds. The minimum atomic E-state index is -0.535. The number of benzene rings is 2. The van der Waals surface area contributed by atoms with Crippen LogP contribution in [0.4, 0.5) is 11.5 Å². The molecule has 4 rings (SSSR count). The highest BCUT2D eigenvalue weighted by Crippen LogP contribution is 2.25. The molecule has 0 unspecified atom stereocenters. The number of carbonyl (C=O) groups is 2. The molecule has 2 heterocycles. The van der Waals surface area contributed by atoms with Crippen LogP contribution in [-0.2, 0) is 22.6 Å². The summed E-state index contributed by atoms with van der Waals surface area (Å²) in [5.74, 6) is 0.403. The Morgan fingerprint density at radius 3 is 2.51 bits per heavy atom. The standard InChI is InChI=1S/C29H27BN4O4S/c1-18-7-10-21(22(30)15-18)17-38-26-6-4-5-23(32-26)20-11-8-19(9-12-20)16-27(35)39-34-24-13-14-25(29(36)37-3)33-28(24)31-2/h4-15,34H,16-17H2,1-3H3,(H,31,33). The zero-order valence-electron chi connectivity index (χ0n) is 21.9. The average molecular weight is 538 g/mol. The molecular weight excluding hydrogens is 511 g/mol. The molecule has 0 bridgehead atoms. The summed E-state index contributed by atoms with van der Waals surface area (Å²) in [5, 5.41) is 2.83. The number of hydrogen-bond acceptors (Lipinski definition) is 9. The van der Waals surface area contributed by atoms with Gasteiger partial charge in [-0.3, -0.25) is 4.79 Å². The number of rotatable bonds is 10. The summed E-state index contributed by atoms with van der Waals surface area (Å²) in [6.45, 7) is 2.33. The van der Waals surface area contributed by atoms with Gasteiger partial charge in [0.2, 0.25) is 11.0 Å². The SMILES string of the molecule is [B]c1cc(C)ccc1COc1cccc(-c2ccc(CC(=O)SNc3ccc(C(=O)OC)nc3NC)cc2)n1. The fraction of sp³-hybridized carbons (Fsp3) is 0.172. The van der Waals surface area contributed by atoms with Crippen molar-refractivity contribution in [1.82, 2.24) is 9.97 Å². The van der Waals surface area contributed by atoms with Gasteiger partial charge in [-0.25, -0.2) is 14.8 Å². The topological polar surface area (TPSA) is 102 Å². The summed E-state index contributed by atoms with van der Waals surface area (Å²) in [6, 6.07) is 22.4. The van der Waals surface area contributed by atoms with Crippen LogP contribution < -0.4 is 20.2 Å². The second-order valence-corrected chi connectivity index (χ2v) is 9.50. The van der Waals surface area contributed by atoms with Crippen molar-refractivity contribution in [3.05, 3.63) is 95.2 Å². The van der Waals surface area contributed by atoms with Crippen molar-refractivity contribution < 1.29 is 19.1 Å². The predicted octanol–water partition coefficient (Wildman–Crippen LogP) is 4.48. The van der Waals surface area contributed by atoms with Crippen LogP contribution in [0.5, 0.6) is 5.88 Å². The van der Waals surface area contributed by atoms with Gasteiger partial charge in [0.1, 0.15) is 14.5 Å². The Bertz CT molecular complexity index is 1480. The highest BCUT2D eigenvalue weighted by atomic mass is 32.2. The van der Waals surface area contributed by atoms with Crippen molar-refractivity contribution in [3.8, 4) is 17.1 Å². The minimum Gasteiger partial charge on any atom is -0.473 e. The number of carbonyl (C=O) groups excluding carboxylic acids is 2. The fourth-order valence-corrected chi connectivity index (χ4v) is 4.34. The average Bonchev–Trinajstić information content (AvgIpc) is 2.95. The number of esters is 1. The van der Waals surface area contributed by atoms with E-state index in [2.05, 4.69) is 20.0 Å². The maximum atomic E-state index is 12.6. The van der Waals surface area contributed by atoms with E-state index in [0.29, 0.717) is 29.5 Å². The third-order valence-corrected chi connectivity index (χ3v) is 6.49. The number of nitrogens with one attached hydrogen (secondary N) is 2. The lowest BCUT2D eigenvalue weighted by Crippen LogP contribution is -2.13. The molecule has 2 aromatic heterocycles. The zero-order chi connectivity index (χ0) is 27.8. The van der Waals surface area contributed by atoms with E-state index in [0.717, 1.165) is 39.9 Å². The van der Waals surface area contributed by atoms with Crippen molar-refractivity contribution >= 4 is 47.8 Å². The number of nitrogens with zero attached hydrogens (tertiary/aromatic N) is 2. The maximum absolute atomic E-state index is 12.6. The third kappa shape index (κ3) is 7.39. The van der Waals surface area contributed by atoms with E-state index in [-0.39, 0.29) is 17.2 Å². The molecule has 10 heteroatoms. The van der Waals surface area contributed by atoms with Crippen LogP contribution in [0, 0.1) is 6.92 Å². The highest BCUT2D eigenvalue weighted by molar-refractivity contribution is 8.14. The monoisotopic (exact) mass is 538 g/mol. The number of aryl methyl sites for hydroxylation is 1. The number of anilines is 2. The normalized spacial score (nSPS) is 10.5. The van der Waals surface area contributed by atoms with E-state index < -0.39 is 5.97 Å². The number of methoxy groups -OCH3 is 1. The molecule has 2 N–H and O–H groups in total. The maximum Gasteiger partial charge on any atom is 0.356 e. The number of pyridine rings is 2. The molecule has 8 nitrogen and oxygen atoms in total. The van der Waals surface area contributed by atoms with Crippen LogP contribution in [0.1, 0.15) is 27.2 Å². The first-order valence-electron chi connectivity index (χ1n) is 12.1. The van der Waals surface area contributed by atoms with Gasteiger partial charge in [-0.15, -0.1) is 0 Å². The summed E-state index contributed by atoms with van der Waals surface area (Å²) in [5.41, 5.74) is 6.00. The molecule has 0 aliphatic carbocycles. The minimum absolute atomic E-state index is 0.0780.